The normalized spacial score (nSPS) is 34.1. The van der Waals surface area contributed by atoms with Crippen LogP contribution in [0, 0.1) is 36.5 Å². The van der Waals surface area contributed by atoms with Gasteiger partial charge in [0.15, 0.2) is 18.4 Å². The lowest BCUT2D eigenvalue weighted by molar-refractivity contribution is -0.247. The summed E-state index contributed by atoms with van der Waals surface area (Å²) in [6, 6.07) is 8.84. The standard InChI is InChI=1S/C51H76N2O10S/c1-13-32-15-14-16-40(63-42-22-21-39(53(7)8)30(6)60-42)29(5)45(55)38-25-35-34-23-33(62-51(59-12)48(58-11)47(57-10)46(56-9)27(2)3)24-37(34)44-49(43(35)36(38)26-41(54)61-32)64-50(52-44)31-19-17-28(4)18-20-31/h17-20,25,27,29-30,32-37,39-40,42-43,46-48,51H,13-16,21-24,26H2,1-12H3/t29-,30?,32+,33+,34+,35+,36-,37-,39+,40+,42+,43-,46?,47?,48?,51?/m1/s1. The second kappa shape index (κ2) is 21.6. The maximum atomic E-state index is 15.3. The van der Waals surface area contributed by atoms with Crippen molar-refractivity contribution in [3.63, 3.8) is 0 Å². The minimum Gasteiger partial charge on any atom is -0.462 e. The molecule has 5 aliphatic rings. The first-order valence-corrected chi connectivity index (χ1v) is 24.8. The third kappa shape index (κ3) is 10.3. The van der Waals surface area contributed by atoms with Gasteiger partial charge >= 0.3 is 5.97 Å². The Morgan fingerprint density at radius 2 is 1.61 bits per heavy atom. The number of hydrogen-bond donors (Lipinski definition) is 0. The molecule has 2 aliphatic heterocycles. The molecule has 2 saturated heterocycles. The van der Waals surface area contributed by atoms with Crippen molar-refractivity contribution < 1.29 is 47.5 Å². The molecule has 3 fully saturated rings. The molecule has 0 amide bonds. The monoisotopic (exact) mass is 909 g/mol. The number of carbonyl (C=O) groups excluding carboxylic acids is 2. The maximum absolute atomic E-state index is 15.3. The highest BCUT2D eigenvalue weighted by atomic mass is 32.1. The Morgan fingerprint density at radius 1 is 0.891 bits per heavy atom. The third-order valence-corrected chi connectivity index (χ3v) is 16.5. The number of fused-ring (bicyclic) bond motifs is 8. The zero-order valence-corrected chi connectivity index (χ0v) is 41.3. The van der Waals surface area contributed by atoms with Crippen molar-refractivity contribution in [1.29, 1.82) is 0 Å². The molecule has 12 nitrogen and oxygen atoms in total. The molecule has 16 atom stereocenters. The summed E-state index contributed by atoms with van der Waals surface area (Å²) in [5, 5.41) is 0.951. The number of benzene rings is 1. The van der Waals surface area contributed by atoms with Crippen LogP contribution in [0.4, 0.5) is 0 Å². The second-order valence-electron chi connectivity index (χ2n) is 19.8. The quantitative estimate of drug-likeness (QED) is 0.125. The number of likely N-dealkylation sites (N-methyl/N-ethyl adjacent to an activating group) is 1. The predicted octanol–water partition coefficient (Wildman–Crippen LogP) is 8.88. The number of Topliss-reactive ketones (excluding diaryl/α,β-unsaturated/α-hetero) is 1. The molecule has 7 rings (SSSR count). The van der Waals surface area contributed by atoms with Crippen molar-refractivity contribution in [2.75, 3.05) is 42.5 Å². The summed E-state index contributed by atoms with van der Waals surface area (Å²) >= 11 is 1.71. The molecule has 0 spiro atoms. The fourth-order valence-electron chi connectivity index (χ4n) is 11.9. The molecule has 64 heavy (non-hydrogen) atoms. The first-order valence-electron chi connectivity index (χ1n) is 24.0. The van der Waals surface area contributed by atoms with Gasteiger partial charge in [0, 0.05) is 68.6 Å². The third-order valence-electron chi connectivity index (χ3n) is 15.3. The van der Waals surface area contributed by atoms with E-state index in [4.69, 9.17) is 42.9 Å². The summed E-state index contributed by atoms with van der Waals surface area (Å²) in [4.78, 5) is 38.2. The highest BCUT2D eigenvalue weighted by Crippen LogP contribution is 2.63. The van der Waals surface area contributed by atoms with Gasteiger partial charge < -0.3 is 42.8 Å². The second-order valence-corrected chi connectivity index (χ2v) is 20.8. The van der Waals surface area contributed by atoms with Crippen molar-refractivity contribution in [3.8, 4) is 10.6 Å². The summed E-state index contributed by atoms with van der Waals surface area (Å²) in [5.74, 6) is -0.763. The lowest BCUT2D eigenvalue weighted by Crippen LogP contribution is -2.51. The van der Waals surface area contributed by atoms with Gasteiger partial charge in [-0.15, -0.1) is 11.3 Å². The van der Waals surface area contributed by atoms with Gasteiger partial charge in [-0.25, -0.2) is 4.98 Å². The van der Waals surface area contributed by atoms with Crippen molar-refractivity contribution in [3.05, 3.63) is 52.0 Å². The Morgan fingerprint density at radius 3 is 2.23 bits per heavy atom. The van der Waals surface area contributed by atoms with Crippen LogP contribution in [-0.4, -0.2) is 126 Å². The molecule has 1 aromatic carbocycles. The Balaban J connectivity index is 1.24. The molecule has 1 aromatic heterocycles. The molecular weight excluding hydrogens is 833 g/mol. The lowest BCUT2D eigenvalue weighted by atomic mass is 9.67. The first kappa shape index (κ1) is 49.3. The van der Waals surface area contributed by atoms with Crippen LogP contribution in [0.25, 0.3) is 10.6 Å². The van der Waals surface area contributed by atoms with Crippen molar-refractivity contribution >= 4 is 23.1 Å². The van der Waals surface area contributed by atoms with E-state index in [1.165, 1.54) is 5.56 Å². The summed E-state index contributed by atoms with van der Waals surface area (Å²) in [6.07, 6.45) is 5.38. The highest BCUT2D eigenvalue weighted by Gasteiger charge is 2.56. The molecule has 2 aromatic rings. The minimum atomic E-state index is -0.729. The Kier molecular flexibility index (Phi) is 16.6. The number of thiazole rings is 1. The molecule has 0 radical (unpaired) electrons. The van der Waals surface area contributed by atoms with Crippen molar-refractivity contribution in [2.45, 2.75) is 173 Å². The average Bonchev–Trinajstić information content (AvgIpc) is 4.00. The van der Waals surface area contributed by atoms with E-state index in [0.29, 0.717) is 12.5 Å². The Hall–Kier alpha value is -2.59. The Bertz CT molecular complexity index is 1900. The molecular formula is C51H76N2O10S. The summed E-state index contributed by atoms with van der Waals surface area (Å²) in [5.41, 5.74) is 4.03. The minimum absolute atomic E-state index is 0.00812. The van der Waals surface area contributed by atoms with E-state index in [1.54, 1.807) is 39.8 Å². The first-order chi connectivity index (χ1) is 30.7. The largest absolute Gasteiger partial charge is 0.462 e. The number of rotatable bonds is 15. The van der Waals surface area contributed by atoms with E-state index in [2.05, 4.69) is 84.0 Å². The van der Waals surface area contributed by atoms with E-state index in [1.807, 2.05) is 6.92 Å². The Labute approximate surface area is 386 Å². The van der Waals surface area contributed by atoms with Crippen LogP contribution in [0.5, 0.6) is 0 Å². The lowest BCUT2D eigenvalue weighted by Gasteiger charge is -2.40. The molecule has 0 bridgehead atoms. The molecule has 3 heterocycles. The predicted molar refractivity (Wildman–Crippen MR) is 247 cm³/mol. The fourth-order valence-corrected chi connectivity index (χ4v) is 13.2. The van der Waals surface area contributed by atoms with Gasteiger partial charge in [-0.2, -0.15) is 0 Å². The number of nitrogens with zero attached hydrogens (tertiary/aromatic N) is 2. The number of ether oxygens (including phenoxy) is 8. The van der Waals surface area contributed by atoms with Crippen LogP contribution in [-0.2, 0) is 47.5 Å². The van der Waals surface area contributed by atoms with E-state index in [-0.39, 0.29) is 90.5 Å². The van der Waals surface area contributed by atoms with Gasteiger partial charge in [-0.05, 0) is 103 Å². The van der Waals surface area contributed by atoms with Gasteiger partial charge in [0.2, 0.25) is 0 Å². The van der Waals surface area contributed by atoms with Crippen LogP contribution in [0.2, 0.25) is 0 Å². The van der Waals surface area contributed by atoms with Crippen LogP contribution < -0.4 is 0 Å². The molecule has 5 unspecified atom stereocenters. The average molecular weight is 909 g/mol. The summed E-state index contributed by atoms with van der Waals surface area (Å²) in [6.45, 7) is 12.5. The number of esters is 1. The number of carbonyl (C=O) groups is 2. The summed E-state index contributed by atoms with van der Waals surface area (Å²) < 4.78 is 50.6. The molecule has 13 heteroatoms. The van der Waals surface area contributed by atoms with E-state index < -0.39 is 24.4 Å². The SMILES string of the molecule is CC[C@H]1CCC[C@H](O[C@H]2CC[C@H](N(C)C)C(C)O2)[C@@H](C)C(=O)C2=C[C@H]3[C@@H]4C[C@H](OC(OC)C(OC)C(OC)C(OC)C(C)C)C[C@H]4c4nc(-c5ccc(C)cc5)sc4[C@H]3[C@@H]2CC(=O)O1. The van der Waals surface area contributed by atoms with Gasteiger partial charge in [0.05, 0.1) is 36.5 Å². The van der Waals surface area contributed by atoms with Crippen LogP contribution in [0.3, 0.4) is 0 Å². The zero-order valence-electron chi connectivity index (χ0n) is 40.5. The fraction of sp³-hybridized carbons (Fsp3) is 0.745. The van der Waals surface area contributed by atoms with E-state index >= 15 is 4.79 Å². The van der Waals surface area contributed by atoms with Crippen molar-refractivity contribution in [2.24, 2.45) is 29.6 Å². The molecule has 0 N–H and O–H groups in total. The van der Waals surface area contributed by atoms with Crippen LogP contribution >= 0.6 is 11.3 Å². The molecule has 1 saturated carbocycles. The number of methoxy groups -OCH3 is 4. The van der Waals surface area contributed by atoms with Crippen LogP contribution in [0.1, 0.15) is 120 Å². The number of hydrogen-bond acceptors (Lipinski definition) is 13. The molecule has 3 aliphatic carbocycles. The van der Waals surface area contributed by atoms with Crippen LogP contribution in [0.15, 0.2) is 35.9 Å². The number of ketones is 1. The zero-order chi connectivity index (χ0) is 46.0. The summed E-state index contributed by atoms with van der Waals surface area (Å²) in [7, 11) is 10.8. The highest BCUT2D eigenvalue weighted by molar-refractivity contribution is 7.15. The van der Waals surface area contributed by atoms with Gasteiger partial charge in [0.25, 0.3) is 0 Å². The topological polar surface area (TPSA) is 124 Å². The van der Waals surface area contributed by atoms with E-state index in [9.17, 15) is 4.79 Å². The number of aryl methyl sites for hydroxylation is 1. The van der Waals surface area contributed by atoms with Crippen molar-refractivity contribution in [1.82, 2.24) is 9.88 Å². The van der Waals surface area contributed by atoms with Gasteiger partial charge in [-0.1, -0.05) is 63.6 Å². The van der Waals surface area contributed by atoms with Gasteiger partial charge in [-0.3, -0.25) is 9.59 Å². The smallest absolute Gasteiger partial charge is 0.306 e. The number of cyclic esters (lactones) is 1. The maximum Gasteiger partial charge on any atom is 0.306 e. The number of aromatic nitrogens is 1. The molecule has 356 valence electrons. The number of allylic oxidation sites excluding steroid dienone is 2. The van der Waals surface area contributed by atoms with E-state index in [0.717, 1.165) is 71.7 Å². The van der Waals surface area contributed by atoms with Gasteiger partial charge in [0.1, 0.15) is 23.3 Å².